The van der Waals surface area contributed by atoms with Crippen LogP contribution in [0.4, 0.5) is 0 Å². The minimum absolute atomic E-state index is 0.138. The quantitative estimate of drug-likeness (QED) is 0.789. The van der Waals surface area contributed by atoms with Crippen molar-refractivity contribution in [1.29, 1.82) is 0 Å². The summed E-state index contributed by atoms with van der Waals surface area (Å²) in [5, 5.41) is 0.303. The third kappa shape index (κ3) is 2.96. The second kappa shape index (κ2) is 6.00. The first-order valence-corrected chi connectivity index (χ1v) is 6.32. The van der Waals surface area contributed by atoms with E-state index in [4.69, 9.17) is 21.1 Å². The van der Waals surface area contributed by atoms with Crippen LogP contribution in [-0.2, 0) is 9.53 Å². The van der Waals surface area contributed by atoms with Crippen molar-refractivity contribution < 1.29 is 23.8 Å². The SMILES string of the molecule is COC(=O)CN(C)C(=O)c1cc(Cl)c2c(c1)OCCO2. The minimum atomic E-state index is -0.496. The largest absolute Gasteiger partial charge is 0.486 e. The van der Waals surface area contributed by atoms with Gasteiger partial charge in [-0.1, -0.05) is 11.6 Å². The number of benzene rings is 1. The number of carbonyl (C=O) groups is 2. The van der Waals surface area contributed by atoms with E-state index in [1.54, 1.807) is 6.07 Å². The highest BCUT2D eigenvalue weighted by Gasteiger charge is 2.21. The number of hydrogen-bond acceptors (Lipinski definition) is 5. The number of ether oxygens (including phenoxy) is 3. The van der Waals surface area contributed by atoms with Gasteiger partial charge in [0, 0.05) is 12.6 Å². The molecule has 0 radical (unpaired) electrons. The first kappa shape index (κ1) is 14.5. The zero-order valence-electron chi connectivity index (χ0n) is 11.1. The van der Waals surface area contributed by atoms with E-state index in [-0.39, 0.29) is 12.5 Å². The van der Waals surface area contributed by atoms with Crippen molar-refractivity contribution in [3.63, 3.8) is 0 Å². The maximum Gasteiger partial charge on any atom is 0.325 e. The van der Waals surface area contributed by atoms with Crippen LogP contribution in [0.25, 0.3) is 0 Å². The molecule has 0 unspecified atom stereocenters. The second-order valence-electron chi connectivity index (χ2n) is 4.22. The summed E-state index contributed by atoms with van der Waals surface area (Å²) in [4.78, 5) is 24.6. The fourth-order valence-electron chi connectivity index (χ4n) is 1.78. The second-order valence-corrected chi connectivity index (χ2v) is 4.63. The number of carbonyl (C=O) groups excluding carboxylic acids is 2. The van der Waals surface area contributed by atoms with Crippen LogP contribution in [0.3, 0.4) is 0 Å². The zero-order valence-corrected chi connectivity index (χ0v) is 11.9. The molecule has 1 heterocycles. The van der Waals surface area contributed by atoms with Gasteiger partial charge < -0.3 is 19.1 Å². The molecule has 108 valence electrons. The van der Waals surface area contributed by atoms with E-state index in [1.807, 2.05) is 0 Å². The lowest BCUT2D eigenvalue weighted by atomic mass is 10.1. The Bertz CT molecular complexity index is 546. The highest BCUT2D eigenvalue weighted by atomic mass is 35.5. The smallest absolute Gasteiger partial charge is 0.325 e. The summed E-state index contributed by atoms with van der Waals surface area (Å²) in [6.07, 6.45) is 0. The fourth-order valence-corrected chi connectivity index (χ4v) is 2.05. The summed E-state index contributed by atoms with van der Waals surface area (Å²) in [6.45, 7) is 0.683. The molecule has 1 aromatic rings. The van der Waals surface area contributed by atoms with Crippen LogP contribution in [0, 0.1) is 0 Å². The average Bonchev–Trinajstić information content (AvgIpc) is 2.46. The summed E-state index contributed by atoms with van der Waals surface area (Å²) >= 11 is 6.06. The molecule has 2 rings (SSSR count). The molecule has 0 saturated carbocycles. The lowest BCUT2D eigenvalue weighted by Crippen LogP contribution is -2.32. The normalized spacial score (nSPS) is 12.8. The molecular formula is C13H14ClNO5. The number of esters is 1. The van der Waals surface area contributed by atoms with E-state index >= 15 is 0 Å². The standard InChI is InChI=1S/C13H14ClNO5/c1-15(7-11(16)18-2)13(17)8-5-9(14)12-10(6-8)19-3-4-20-12/h5-6H,3-4,7H2,1-2H3. The van der Waals surface area contributed by atoms with Gasteiger partial charge in [0.15, 0.2) is 11.5 Å². The van der Waals surface area contributed by atoms with E-state index in [0.717, 1.165) is 0 Å². The van der Waals surface area contributed by atoms with Gasteiger partial charge in [0.05, 0.1) is 12.1 Å². The van der Waals surface area contributed by atoms with E-state index in [0.29, 0.717) is 35.3 Å². The van der Waals surface area contributed by atoms with Gasteiger partial charge in [-0.05, 0) is 12.1 Å². The molecule has 7 heteroatoms. The van der Waals surface area contributed by atoms with Crippen LogP contribution >= 0.6 is 11.6 Å². The molecule has 0 spiro atoms. The number of amides is 1. The van der Waals surface area contributed by atoms with Gasteiger partial charge in [-0.25, -0.2) is 0 Å². The third-order valence-electron chi connectivity index (χ3n) is 2.78. The third-order valence-corrected chi connectivity index (χ3v) is 3.07. The Kier molecular flexibility index (Phi) is 4.34. The Morgan fingerprint density at radius 2 is 2.05 bits per heavy atom. The van der Waals surface area contributed by atoms with Crippen LogP contribution in [-0.4, -0.2) is 50.7 Å². The van der Waals surface area contributed by atoms with Crippen LogP contribution in [0.5, 0.6) is 11.5 Å². The Labute approximate surface area is 121 Å². The van der Waals surface area contributed by atoms with Crippen LogP contribution in [0.15, 0.2) is 12.1 Å². The van der Waals surface area contributed by atoms with E-state index in [2.05, 4.69) is 4.74 Å². The summed E-state index contributed by atoms with van der Waals surface area (Å²) < 4.78 is 15.3. The van der Waals surface area contributed by atoms with Crippen molar-refractivity contribution >= 4 is 23.5 Å². The minimum Gasteiger partial charge on any atom is -0.486 e. The molecule has 0 N–H and O–H groups in total. The maximum atomic E-state index is 12.2. The van der Waals surface area contributed by atoms with Crippen LogP contribution in [0.2, 0.25) is 5.02 Å². The summed E-state index contributed by atoms with van der Waals surface area (Å²) in [5.41, 5.74) is 0.325. The van der Waals surface area contributed by atoms with Gasteiger partial charge in [-0.2, -0.15) is 0 Å². The van der Waals surface area contributed by atoms with Crippen molar-refractivity contribution in [2.45, 2.75) is 0 Å². The molecule has 1 aromatic carbocycles. The van der Waals surface area contributed by atoms with E-state index in [9.17, 15) is 9.59 Å². The molecule has 6 nitrogen and oxygen atoms in total. The number of nitrogens with zero attached hydrogens (tertiary/aromatic N) is 1. The van der Waals surface area contributed by atoms with E-state index < -0.39 is 5.97 Å². The number of fused-ring (bicyclic) bond motifs is 1. The Hall–Kier alpha value is -1.95. The zero-order chi connectivity index (χ0) is 14.7. The highest BCUT2D eigenvalue weighted by Crippen LogP contribution is 2.38. The van der Waals surface area contributed by atoms with Gasteiger partial charge >= 0.3 is 5.97 Å². The van der Waals surface area contributed by atoms with Crippen molar-refractivity contribution in [3.8, 4) is 11.5 Å². The van der Waals surface area contributed by atoms with Crippen LogP contribution < -0.4 is 9.47 Å². The molecule has 0 aliphatic carbocycles. The summed E-state index contributed by atoms with van der Waals surface area (Å²) in [6, 6.07) is 3.04. The Morgan fingerprint density at radius 3 is 2.75 bits per heavy atom. The summed E-state index contributed by atoms with van der Waals surface area (Å²) in [7, 11) is 2.77. The molecule has 0 atom stereocenters. The van der Waals surface area contributed by atoms with Gasteiger partial charge in [0.25, 0.3) is 5.91 Å². The maximum absolute atomic E-state index is 12.2. The van der Waals surface area contributed by atoms with E-state index in [1.165, 1.54) is 25.1 Å². The number of rotatable bonds is 3. The Balaban J connectivity index is 2.22. The fraction of sp³-hybridized carbons (Fsp3) is 0.385. The monoisotopic (exact) mass is 299 g/mol. The molecule has 0 saturated heterocycles. The number of methoxy groups -OCH3 is 1. The number of hydrogen-bond donors (Lipinski definition) is 0. The van der Waals surface area contributed by atoms with Crippen molar-refractivity contribution in [2.75, 3.05) is 33.9 Å². The van der Waals surface area contributed by atoms with Gasteiger partial charge in [0.2, 0.25) is 0 Å². The van der Waals surface area contributed by atoms with Crippen molar-refractivity contribution in [1.82, 2.24) is 4.90 Å². The number of likely N-dealkylation sites (N-methyl/N-ethyl adjacent to an activating group) is 1. The van der Waals surface area contributed by atoms with Gasteiger partial charge in [0.1, 0.15) is 19.8 Å². The van der Waals surface area contributed by atoms with Gasteiger partial charge in [-0.3, -0.25) is 9.59 Å². The lowest BCUT2D eigenvalue weighted by molar-refractivity contribution is -0.141. The molecular weight excluding hydrogens is 286 g/mol. The molecule has 1 aliphatic rings. The molecule has 1 amide bonds. The molecule has 0 bridgehead atoms. The first-order valence-electron chi connectivity index (χ1n) is 5.94. The predicted octanol–water partition coefficient (Wildman–Crippen LogP) is 1.36. The first-order chi connectivity index (χ1) is 9.52. The van der Waals surface area contributed by atoms with Crippen molar-refractivity contribution in [2.24, 2.45) is 0 Å². The van der Waals surface area contributed by atoms with Gasteiger partial charge in [-0.15, -0.1) is 0 Å². The Morgan fingerprint density at radius 1 is 1.35 bits per heavy atom. The lowest BCUT2D eigenvalue weighted by Gasteiger charge is -2.21. The molecule has 0 fully saturated rings. The topological polar surface area (TPSA) is 65.1 Å². The molecule has 0 aromatic heterocycles. The van der Waals surface area contributed by atoms with Crippen molar-refractivity contribution in [3.05, 3.63) is 22.7 Å². The molecule has 20 heavy (non-hydrogen) atoms. The molecule has 1 aliphatic heterocycles. The highest BCUT2D eigenvalue weighted by molar-refractivity contribution is 6.32. The predicted molar refractivity (Wildman–Crippen MR) is 71.4 cm³/mol. The number of halogens is 1. The summed E-state index contributed by atoms with van der Waals surface area (Å²) in [5.74, 6) is 0.0161. The average molecular weight is 300 g/mol. The van der Waals surface area contributed by atoms with Crippen LogP contribution in [0.1, 0.15) is 10.4 Å².